The van der Waals surface area contributed by atoms with Crippen molar-refractivity contribution in [2.75, 3.05) is 18.9 Å². The first-order chi connectivity index (χ1) is 9.67. The van der Waals surface area contributed by atoms with E-state index in [1.54, 1.807) is 0 Å². The number of anilines is 1. The maximum atomic E-state index is 11.6. The molecule has 0 aliphatic heterocycles. The lowest BCUT2D eigenvalue weighted by atomic mass is 10.1. The van der Waals surface area contributed by atoms with E-state index in [0.717, 1.165) is 11.4 Å². The van der Waals surface area contributed by atoms with Gasteiger partial charge in [-0.1, -0.05) is 41.2 Å². The number of hydrogen-bond acceptors (Lipinski definition) is 5. The van der Waals surface area contributed by atoms with Crippen LogP contribution >= 0.6 is 11.3 Å². The van der Waals surface area contributed by atoms with Crippen LogP contribution in [0.5, 0.6) is 0 Å². The van der Waals surface area contributed by atoms with Crippen LogP contribution in [0.2, 0.25) is 0 Å². The molecule has 2 N–H and O–H groups in total. The molecule has 0 unspecified atom stereocenters. The van der Waals surface area contributed by atoms with Gasteiger partial charge in [-0.3, -0.25) is 4.79 Å². The summed E-state index contributed by atoms with van der Waals surface area (Å²) in [5.41, 5.74) is 2.43. The van der Waals surface area contributed by atoms with Crippen LogP contribution in [0.1, 0.15) is 22.6 Å². The fourth-order valence-corrected chi connectivity index (χ4v) is 2.47. The molecule has 106 valence electrons. The standard InChI is InChI=1S/C14H18N4OS/c1-10-3-5-11(6-4-10)9-13-17-18-14(20-13)16-12(19)7-8-15-2/h3-6,15H,7-9H2,1-2H3,(H,16,18,19). The highest BCUT2D eigenvalue weighted by Crippen LogP contribution is 2.18. The third-order valence-corrected chi connectivity index (χ3v) is 3.63. The van der Waals surface area contributed by atoms with Gasteiger partial charge in [0, 0.05) is 19.4 Å². The molecule has 0 aliphatic carbocycles. The van der Waals surface area contributed by atoms with Crippen LogP contribution in [0.25, 0.3) is 0 Å². The first-order valence-corrected chi connectivity index (χ1v) is 7.31. The molecule has 0 aliphatic rings. The summed E-state index contributed by atoms with van der Waals surface area (Å²) < 4.78 is 0. The molecule has 0 spiro atoms. The van der Waals surface area contributed by atoms with E-state index >= 15 is 0 Å². The molecule has 0 radical (unpaired) electrons. The third-order valence-electron chi connectivity index (χ3n) is 2.79. The molecule has 5 nitrogen and oxygen atoms in total. The summed E-state index contributed by atoms with van der Waals surface area (Å²) in [7, 11) is 1.82. The molecule has 1 aromatic heterocycles. The maximum Gasteiger partial charge on any atom is 0.227 e. The number of aryl methyl sites for hydroxylation is 1. The smallest absolute Gasteiger partial charge is 0.227 e. The third kappa shape index (κ3) is 4.40. The van der Waals surface area contributed by atoms with Gasteiger partial charge in [-0.2, -0.15) is 0 Å². The molecular weight excluding hydrogens is 272 g/mol. The summed E-state index contributed by atoms with van der Waals surface area (Å²) in [6.07, 6.45) is 1.17. The van der Waals surface area contributed by atoms with Crippen molar-refractivity contribution in [1.29, 1.82) is 0 Å². The highest BCUT2D eigenvalue weighted by atomic mass is 32.1. The highest BCUT2D eigenvalue weighted by molar-refractivity contribution is 7.15. The Hall–Kier alpha value is -1.79. The number of aromatic nitrogens is 2. The zero-order chi connectivity index (χ0) is 14.4. The average Bonchev–Trinajstić information content (AvgIpc) is 2.86. The second kappa shape index (κ2) is 7.12. The molecule has 0 bridgehead atoms. The van der Waals surface area contributed by atoms with Gasteiger partial charge in [0.25, 0.3) is 0 Å². The second-order valence-corrected chi connectivity index (χ2v) is 5.63. The van der Waals surface area contributed by atoms with Crippen LogP contribution < -0.4 is 10.6 Å². The average molecular weight is 290 g/mol. The molecule has 0 fully saturated rings. The molecule has 0 atom stereocenters. The maximum absolute atomic E-state index is 11.6. The van der Waals surface area contributed by atoms with E-state index in [1.165, 1.54) is 22.5 Å². The van der Waals surface area contributed by atoms with Gasteiger partial charge in [0.15, 0.2) is 0 Å². The molecule has 1 aromatic carbocycles. The van der Waals surface area contributed by atoms with Crippen molar-refractivity contribution in [3.63, 3.8) is 0 Å². The van der Waals surface area contributed by atoms with Crippen molar-refractivity contribution < 1.29 is 4.79 Å². The van der Waals surface area contributed by atoms with Gasteiger partial charge in [-0.05, 0) is 19.5 Å². The van der Waals surface area contributed by atoms with E-state index in [9.17, 15) is 4.79 Å². The van der Waals surface area contributed by atoms with Crippen LogP contribution in [-0.2, 0) is 11.2 Å². The minimum atomic E-state index is -0.0441. The Morgan fingerprint density at radius 3 is 2.70 bits per heavy atom. The molecular formula is C14H18N4OS. The summed E-state index contributed by atoms with van der Waals surface area (Å²) in [5.74, 6) is -0.0441. The fraction of sp³-hybridized carbons (Fsp3) is 0.357. The number of rotatable bonds is 6. The highest BCUT2D eigenvalue weighted by Gasteiger charge is 2.08. The van der Waals surface area contributed by atoms with Crippen LogP contribution in [0.15, 0.2) is 24.3 Å². The molecule has 0 saturated heterocycles. The Labute approximate surface area is 122 Å². The first-order valence-electron chi connectivity index (χ1n) is 6.50. The normalized spacial score (nSPS) is 10.5. The minimum absolute atomic E-state index is 0.0441. The van der Waals surface area contributed by atoms with Crippen LogP contribution in [-0.4, -0.2) is 29.7 Å². The van der Waals surface area contributed by atoms with E-state index in [4.69, 9.17) is 0 Å². The predicted molar refractivity (Wildman–Crippen MR) is 81.1 cm³/mol. The molecule has 20 heavy (non-hydrogen) atoms. The number of benzene rings is 1. The van der Waals surface area contributed by atoms with Crippen molar-refractivity contribution in [2.45, 2.75) is 19.8 Å². The Balaban J connectivity index is 1.91. The van der Waals surface area contributed by atoms with Gasteiger partial charge in [0.05, 0.1) is 0 Å². The SMILES string of the molecule is CNCCC(=O)Nc1nnc(Cc2ccc(C)cc2)s1. The Bertz CT molecular complexity index is 565. The second-order valence-electron chi connectivity index (χ2n) is 4.57. The van der Waals surface area contributed by atoms with Gasteiger partial charge in [0.1, 0.15) is 5.01 Å². The number of hydrogen-bond donors (Lipinski definition) is 2. The molecule has 1 heterocycles. The summed E-state index contributed by atoms with van der Waals surface area (Å²) in [6, 6.07) is 8.33. The van der Waals surface area contributed by atoms with Crippen molar-refractivity contribution in [2.24, 2.45) is 0 Å². The van der Waals surface area contributed by atoms with Gasteiger partial charge >= 0.3 is 0 Å². The van der Waals surface area contributed by atoms with Crippen molar-refractivity contribution in [3.05, 3.63) is 40.4 Å². The molecule has 0 saturated carbocycles. The zero-order valence-electron chi connectivity index (χ0n) is 11.6. The fourth-order valence-electron chi connectivity index (χ4n) is 1.68. The lowest BCUT2D eigenvalue weighted by Gasteiger charge is -1.99. The van der Waals surface area contributed by atoms with Crippen LogP contribution in [0.3, 0.4) is 0 Å². The summed E-state index contributed by atoms with van der Waals surface area (Å²) in [6.45, 7) is 2.72. The van der Waals surface area contributed by atoms with E-state index in [0.29, 0.717) is 18.1 Å². The van der Waals surface area contributed by atoms with Crippen LogP contribution in [0.4, 0.5) is 5.13 Å². The predicted octanol–water partition coefficient (Wildman–Crippen LogP) is 1.99. The first kappa shape index (κ1) is 14.6. The van der Waals surface area contributed by atoms with Crippen molar-refractivity contribution in [3.8, 4) is 0 Å². The van der Waals surface area contributed by atoms with Gasteiger partial charge in [0.2, 0.25) is 11.0 Å². The summed E-state index contributed by atoms with van der Waals surface area (Å²) in [5, 5.41) is 15.3. The number of nitrogens with zero attached hydrogens (tertiary/aromatic N) is 2. The van der Waals surface area contributed by atoms with E-state index in [1.807, 2.05) is 7.05 Å². The molecule has 2 aromatic rings. The van der Waals surface area contributed by atoms with Crippen molar-refractivity contribution in [1.82, 2.24) is 15.5 Å². The zero-order valence-corrected chi connectivity index (χ0v) is 12.5. The number of amides is 1. The number of carbonyl (C=O) groups is 1. The number of nitrogens with one attached hydrogen (secondary N) is 2. The van der Waals surface area contributed by atoms with Gasteiger partial charge in [-0.15, -0.1) is 10.2 Å². The Morgan fingerprint density at radius 2 is 2.00 bits per heavy atom. The van der Waals surface area contributed by atoms with E-state index in [2.05, 4.69) is 52.0 Å². The van der Waals surface area contributed by atoms with Crippen molar-refractivity contribution >= 4 is 22.4 Å². The minimum Gasteiger partial charge on any atom is -0.319 e. The lowest BCUT2D eigenvalue weighted by Crippen LogP contribution is -2.18. The molecule has 1 amide bonds. The lowest BCUT2D eigenvalue weighted by molar-refractivity contribution is -0.116. The summed E-state index contributed by atoms with van der Waals surface area (Å²) >= 11 is 1.42. The quantitative estimate of drug-likeness (QED) is 0.854. The Morgan fingerprint density at radius 1 is 1.25 bits per heavy atom. The Kier molecular flexibility index (Phi) is 5.20. The molecule has 6 heteroatoms. The van der Waals surface area contributed by atoms with Gasteiger partial charge in [-0.25, -0.2) is 0 Å². The van der Waals surface area contributed by atoms with Gasteiger partial charge < -0.3 is 10.6 Å². The van der Waals surface area contributed by atoms with E-state index in [-0.39, 0.29) is 5.91 Å². The monoisotopic (exact) mass is 290 g/mol. The largest absolute Gasteiger partial charge is 0.319 e. The van der Waals surface area contributed by atoms with E-state index < -0.39 is 0 Å². The topological polar surface area (TPSA) is 66.9 Å². The molecule has 2 rings (SSSR count). The summed E-state index contributed by atoms with van der Waals surface area (Å²) in [4.78, 5) is 11.6. The van der Waals surface area contributed by atoms with Crippen LogP contribution in [0, 0.1) is 6.92 Å². The number of carbonyl (C=O) groups excluding carboxylic acids is 1.